The number of rotatable bonds is 2. The molecule has 0 aliphatic rings. The van der Waals surface area contributed by atoms with Crippen LogP contribution in [0.4, 0.5) is 0 Å². The molecule has 0 saturated heterocycles. The predicted molar refractivity (Wildman–Crippen MR) is 43.1 cm³/mol. The number of carbonyl (C=O) groups is 2. The fraction of sp³-hybridized carbons (Fsp3) is 0.111. The van der Waals surface area contributed by atoms with Crippen molar-refractivity contribution in [1.29, 1.82) is 0 Å². The Morgan fingerprint density at radius 3 is 2.33 bits per heavy atom. The van der Waals surface area contributed by atoms with Gasteiger partial charge in [-0.3, -0.25) is 9.59 Å². The van der Waals surface area contributed by atoms with Crippen molar-refractivity contribution in [3.05, 3.63) is 29.8 Å². The van der Waals surface area contributed by atoms with Crippen molar-refractivity contribution in [3.8, 4) is 5.75 Å². The minimum atomic E-state index is -0.659. The molecule has 0 atom stereocenters. The van der Waals surface area contributed by atoms with Crippen molar-refractivity contribution >= 4 is 11.6 Å². The third kappa shape index (κ3) is 1.50. The summed E-state index contributed by atoms with van der Waals surface area (Å²) in [6.45, 7) is 1.18. The van der Waals surface area contributed by atoms with Gasteiger partial charge in [0.2, 0.25) is 5.78 Å². The average molecular weight is 164 g/mol. The molecule has 3 nitrogen and oxygen atoms in total. The van der Waals surface area contributed by atoms with Gasteiger partial charge in [0.25, 0.3) is 0 Å². The van der Waals surface area contributed by atoms with E-state index in [2.05, 4.69) is 0 Å². The van der Waals surface area contributed by atoms with E-state index in [1.165, 1.54) is 19.1 Å². The van der Waals surface area contributed by atoms with Crippen molar-refractivity contribution < 1.29 is 14.7 Å². The summed E-state index contributed by atoms with van der Waals surface area (Å²) in [6, 6.07) is 5.97. The zero-order chi connectivity index (χ0) is 9.14. The summed E-state index contributed by atoms with van der Waals surface area (Å²) in [5, 5.41) is 9.16. The van der Waals surface area contributed by atoms with Crippen LogP contribution in [-0.2, 0) is 4.79 Å². The Morgan fingerprint density at radius 1 is 1.25 bits per heavy atom. The minimum Gasteiger partial charge on any atom is -0.507 e. The summed E-state index contributed by atoms with van der Waals surface area (Å²) in [5.41, 5.74) is 0.0602. The molecule has 1 aromatic rings. The molecular formula is C9H8O3. The maximum absolute atomic E-state index is 11.1. The molecule has 0 aliphatic carbocycles. The van der Waals surface area contributed by atoms with E-state index in [9.17, 15) is 9.59 Å². The summed E-state index contributed by atoms with van der Waals surface area (Å²) >= 11 is 0. The molecule has 0 fully saturated rings. The first-order chi connectivity index (χ1) is 5.63. The molecule has 1 aromatic carbocycles. The lowest BCUT2D eigenvalue weighted by atomic mass is 10.1. The van der Waals surface area contributed by atoms with Crippen LogP contribution < -0.4 is 0 Å². The molecule has 1 rings (SSSR count). The SMILES string of the molecule is CC(=O)C(=O)c1ccccc1O. The lowest BCUT2D eigenvalue weighted by molar-refractivity contribution is -0.113. The molecule has 0 spiro atoms. The zero-order valence-electron chi connectivity index (χ0n) is 6.57. The Hall–Kier alpha value is -1.64. The van der Waals surface area contributed by atoms with Crippen LogP contribution in [0.15, 0.2) is 24.3 Å². The van der Waals surface area contributed by atoms with Gasteiger partial charge >= 0.3 is 0 Å². The van der Waals surface area contributed by atoms with E-state index in [1.54, 1.807) is 12.1 Å². The first-order valence-corrected chi connectivity index (χ1v) is 3.46. The highest BCUT2D eigenvalue weighted by Crippen LogP contribution is 2.15. The summed E-state index contributed by atoms with van der Waals surface area (Å²) in [5.74, 6) is -1.39. The fourth-order valence-electron chi connectivity index (χ4n) is 0.855. The van der Waals surface area contributed by atoms with Crippen molar-refractivity contribution in [3.63, 3.8) is 0 Å². The van der Waals surface area contributed by atoms with Crippen LogP contribution in [0.2, 0.25) is 0 Å². The smallest absolute Gasteiger partial charge is 0.231 e. The standard InChI is InChI=1S/C9H8O3/c1-6(10)9(12)7-4-2-3-5-8(7)11/h2-5,11H,1H3. The summed E-state index contributed by atoms with van der Waals surface area (Å²) in [4.78, 5) is 21.7. The predicted octanol–water partition coefficient (Wildman–Crippen LogP) is 1.16. The van der Waals surface area contributed by atoms with E-state index >= 15 is 0 Å². The lowest BCUT2D eigenvalue weighted by Crippen LogP contribution is -2.09. The lowest BCUT2D eigenvalue weighted by Gasteiger charge is -1.98. The number of para-hydroxylation sites is 1. The number of aromatic hydroxyl groups is 1. The Morgan fingerprint density at radius 2 is 1.83 bits per heavy atom. The number of phenolic OH excluding ortho intramolecular Hbond substituents is 1. The fourth-order valence-corrected chi connectivity index (χ4v) is 0.855. The molecule has 3 heteroatoms. The molecule has 0 heterocycles. The molecule has 0 aromatic heterocycles. The van der Waals surface area contributed by atoms with Crippen LogP contribution in [-0.4, -0.2) is 16.7 Å². The second-order valence-electron chi connectivity index (χ2n) is 2.40. The van der Waals surface area contributed by atoms with Gasteiger partial charge in [-0.1, -0.05) is 12.1 Å². The summed E-state index contributed by atoms with van der Waals surface area (Å²) in [7, 11) is 0. The zero-order valence-corrected chi connectivity index (χ0v) is 6.57. The van der Waals surface area contributed by atoms with Gasteiger partial charge in [-0.25, -0.2) is 0 Å². The van der Waals surface area contributed by atoms with Gasteiger partial charge in [-0.15, -0.1) is 0 Å². The number of phenols is 1. The Kier molecular flexibility index (Phi) is 2.24. The number of benzene rings is 1. The van der Waals surface area contributed by atoms with Gasteiger partial charge in [0.15, 0.2) is 5.78 Å². The molecule has 0 radical (unpaired) electrons. The maximum Gasteiger partial charge on any atom is 0.231 e. The van der Waals surface area contributed by atoms with Crippen molar-refractivity contribution in [2.75, 3.05) is 0 Å². The molecule has 0 amide bonds. The number of hydrogen-bond acceptors (Lipinski definition) is 3. The molecule has 0 bridgehead atoms. The third-order valence-electron chi connectivity index (χ3n) is 1.47. The van der Waals surface area contributed by atoms with Crippen molar-refractivity contribution in [1.82, 2.24) is 0 Å². The number of ketones is 2. The number of carbonyl (C=O) groups excluding carboxylic acids is 2. The molecule has 62 valence electrons. The van der Waals surface area contributed by atoms with Gasteiger partial charge < -0.3 is 5.11 Å². The Labute approximate surface area is 69.6 Å². The van der Waals surface area contributed by atoms with Crippen molar-refractivity contribution in [2.45, 2.75) is 6.92 Å². The van der Waals surface area contributed by atoms with E-state index in [0.717, 1.165) is 0 Å². The second kappa shape index (κ2) is 3.17. The van der Waals surface area contributed by atoms with Crippen molar-refractivity contribution in [2.24, 2.45) is 0 Å². The molecule has 1 N–H and O–H groups in total. The van der Waals surface area contributed by atoms with Crippen LogP contribution >= 0.6 is 0 Å². The summed E-state index contributed by atoms with van der Waals surface area (Å²) < 4.78 is 0. The highest BCUT2D eigenvalue weighted by Gasteiger charge is 2.13. The second-order valence-corrected chi connectivity index (χ2v) is 2.40. The van der Waals surface area contributed by atoms with E-state index in [1.807, 2.05) is 0 Å². The van der Waals surface area contributed by atoms with Gasteiger partial charge in [0.1, 0.15) is 5.75 Å². The van der Waals surface area contributed by atoms with Crippen LogP contribution in [0.5, 0.6) is 5.75 Å². The third-order valence-corrected chi connectivity index (χ3v) is 1.47. The molecule has 12 heavy (non-hydrogen) atoms. The summed E-state index contributed by atoms with van der Waals surface area (Å²) in [6.07, 6.45) is 0. The number of Topliss-reactive ketones (excluding diaryl/α,β-unsaturated/α-hetero) is 2. The van der Waals surface area contributed by atoms with Gasteiger partial charge in [-0.05, 0) is 12.1 Å². The molecular weight excluding hydrogens is 156 g/mol. The van der Waals surface area contributed by atoms with E-state index in [-0.39, 0.29) is 11.3 Å². The highest BCUT2D eigenvalue weighted by atomic mass is 16.3. The Balaban J connectivity index is 3.11. The van der Waals surface area contributed by atoms with Crippen LogP contribution in [0, 0.1) is 0 Å². The number of hydrogen-bond donors (Lipinski definition) is 1. The highest BCUT2D eigenvalue weighted by molar-refractivity contribution is 6.43. The van der Waals surface area contributed by atoms with Crippen LogP contribution in [0.1, 0.15) is 17.3 Å². The van der Waals surface area contributed by atoms with Gasteiger partial charge in [-0.2, -0.15) is 0 Å². The Bertz CT molecular complexity index is 328. The van der Waals surface area contributed by atoms with Gasteiger partial charge in [0, 0.05) is 6.92 Å². The molecule has 0 aliphatic heterocycles. The van der Waals surface area contributed by atoms with E-state index < -0.39 is 11.6 Å². The molecule has 0 unspecified atom stereocenters. The minimum absolute atomic E-state index is 0.0602. The van der Waals surface area contributed by atoms with Gasteiger partial charge in [0.05, 0.1) is 5.56 Å². The van der Waals surface area contributed by atoms with E-state index in [4.69, 9.17) is 5.11 Å². The van der Waals surface area contributed by atoms with Crippen LogP contribution in [0.25, 0.3) is 0 Å². The molecule has 0 saturated carbocycles. The van der Waals surface area contributed by atoms with Crippen LogP contribution in [0.3, 0.4) is 0 Å². The topological polar surface area (TPSA) is 54.4 Å². The normalized spacial score (nSPS) is 9.42. The van der Waals surface area contributed by atoms with E-state index in [0.29, 0.717) is 0 Å². The largest absolute Gasteiger partial charge is 0.507 e. The average Bonchev–Trinajstić information content (AvgIpc) is 2.04. The quantitative estimate of drug-likeness (QED) is 0.527. The first-order valence-electron chi connectivity index (χ1n) is 3.46. The maximum atomic E-state index is 11.1. The monoisotopic (exact) mass is 164 g/mol. The first kappa shape index (κ1) is 8.46.